The highest BCUT2D eigenvalue weighted by Gasteiger charge is 1.98. The maximum Gasteiger partial charge on any atom is 0.106 e. The number of imidazole rings is 1. The second-order valence-electron chi connectivity index (χ2n) is 4.93. The molecule has 2 aromatic heterocycles. The van der Waals surface area contributed by atoms with E-state index in [1.165, 1.54) is 5.56 Å². The average molecular weight is 281 g/mol. The lowest BCUT2D eigenvalue weighted by Gasteiger charge is -2.06. The number of aromatic nitrogens is 4. The molecule has 0 atom stereocenters. The minimum Gasteiger partial charge on any atom is -0.349 e. The normalized spacial score (nSPS) is 10.9. The Morgan fingerprint density at radius 3 is 2.76 bits per heavy atom. The topological polar surface area (TPSA) is 58.5 Å². The largest absolute Gasteiger partial charge is 0.349 e. The molecular weight excluding hydrogens is 262 g/mol. The van der Waals surface area contributed by atoms with E-state index in [9.17, 15) is 0 Å². The highest BCUT2D eigenvalue weighted by Crippen LogP contribution is 2.08. The van der Waals surface area contributed by atoms with Crippen LogP contribution in [0.1, 0.15) is 17.8 Å². The van der Waals surface area contributed by atoms with Crippen molar-refractivity contribution in [2.75, 3.05) is 6.54 Å². The predicted octanol–water partition coefficient (Wildman–Crippen LogP) is 2.32. The van der Waals surface area contributed by atoms with Crippen molar-refractivity contribution < 1.29 is 0 Å². The summed E-state index contributed by atoms with van der Waals surface area (Å²) in [6.45, 7) is 1.87. The van der Waals surface area contributed by atoms with Gasteiger partial charge in [-0.15, -0.1) is 0 Å². The Labute approximate surface area is 124 Å². The summed E-state index contributed by atoms with van der Waals surface area (Å²) in [6.07, 6.45) is 9.46. The van der Waals surface area contributed by atoms with Crippen molar-refractivity contribution in [3.63, 3.8) is 0 Å². The third-order valence-electron chi connectivity index (χ3n) is 3.36. The van der Waals surface area contributed by atoms with Gasteiger partial charge in [-0.1, -0.05) is 12.1 Å². The van der Waals surface area contributed by atoms with Crippen molar-refractivity contribution in [3.8, 4) is 5.69 Å². The summed E-state index contributed by atoms with van der Waals surface area (Å²) in [5.41, 5.74) is 2.37. The summed E-state index contributed by atoms with van der Waals surface area (Å²) in [7, 11) is 0. The van der Waals surface area contributed by atoms with E-state index in [2.05, 4.69) is 44.6 Å². The van der Waals surface area contributed by atoms with Gasteiger partial charge in [0.15, 0.2) is 0 Å². The Bertz CT molecular complexity index is 626. The average Bonchev–Trinajstić information content (AvgIpc) is 3.21. The number of hydrogen-bond acceptors (Lipinski definition) is 3. The fraction of sp³-hybridized carbons (Fsp3) is 0.250. The van der Waals surface area contributed by atoms with Crippen molar-refractivity contribution in [1.29, 1.82) is 0 Å². The maximum absolute atomic E-state index is 4.22. The van der Waals surface area contributed by atoms with E-state index in [4.69, 9.17) is 0 Å². The van der Waals surface area contributed by atoms with Gasteiger partial charge in [-0.2, -0.15) is 5.10 Å². The molecule has 0 saturated carbocycles. The van der Waals surface area contributed by atoms with E-state index in [0.29, 0.717) is 0 Å². The summed E-state index contributed by atoms with van der Waals surface area (Å²) in [4.78, 5) is 7.33. The zero-order valence-corrected chi connectivity index (χ0v) is 11.9. The monoisotopic (exact) mass is 281 g/mol. The first kappa shape index (κ1) is 13.6. The maximum atomic E-state index is 4.22. The van der Waals surface area contributed by atoms with Gasteiger partial charge in [0.2, 0.25) is 0 Å². The van der Waals surface area contributed by atoms with Crippen molar-refractivity contribution >= 4 is 0 Å². The number of nitrogens with one attached hydrogen (secondary N) is 2. The van der Waals surface area contributed by atoms with Gasteiger partial charge in [0.05, 0.1) is 5.69 Å². The first-order valence-electron chi connectivity index (χ1n) is 7.20. The Kier molecular flexibility index (Phi) is 4.43. The Balaban J connectivity index is 1.41. The lowest BCUT2D eigenvalue weighted by molar-refractivity contribution is 0.641. The number of aryl methyl sites for hydroxylation is 1. The van der Waals surface area contributed by atoms with E-state index < -0.39 is 0 Å². The highest BCUT2D eigenvalue weighted by molar-refractivity contribution is 5.33. The van der Waals surface area contributed by atoms with Crippen LogP contribution in [-0.2, 0) is 13.0 Å². The number of H-pyrrole nitrogens is 1. The molecule has 0 fully saturated rings. The molecule has 1 aromatic carbocycles. The molecule has 0 radical (unpaired) electrons. The van der Waals surface area contributed by atoms with E-state index in [0.717, 1.165) is 37.4 Å². The van der Waals surface area contributed by atoms with Crippen molar-refractivity contribution in [2.24, 2.45) is 0 Å². The fourth-order valence-corrected chi connectivity index (χ4v) is 2.24. The number of rotatable bonds is 7. The molecule has 3 aromatic rings. The first-order valence-corrected chi connectivity index (χ1v) is 7.20. The van der Waals surface area contributed by atoms with Crippen LogP contribution in [0.3, 0.4) is 0 Å². The van der Waals surface area contributed by atoms with E-state index in [1.807, 2.05) is 23.1 Å². The molecule has 0 bridgehead atoms. The standard InChI is InChI=1S/C16H19N5/c1(3-16-18-10-11-19-16)8-17-13-14-4-6-15(7-5-14)21-12-2-9-20-21/h2,4-7,9-12,17H,1,3,8,13H2,(H,18,19). The smallest absolute Gasteiger partial charge is 0.106 e. The SMILES string of the molecule is c1cnn(-c2ccc(CNCCCc3ncc[nH]3)cc2)c1. The summed E-state index contributed by atoms with van der Waals surface area (Å²) in [5, 5.41) is 7.67. The zero-order chi connectivity index (χ0) is 14.3. The Hall–Kier alpha value is -2.40. The molecular formula is C16H19N5. The molecule has 0 amide bonds. The van der Waals surface area contributed by atoms with Gasteiger partial charge in [0.1, 0.15) is 5.82 Å². The third-order valence-corrected chi connectivity index (χ3v) is 3.36. The molecule has 5 nitrogen and oxygen atoms in total. The molecule has 0 aliphatic rings. The van der Waals surface area contributed by atoms with E-state index in [-0.39, 0.29) is 0 Å². The molecule has 0 aliphatic carbocycles. The number of aromatic amines is 1. The van der Waals surface area contributed by atoms with Gasteiger partial charge in [-0.3, -0.25) is 0 Å². The van der Waals surface area contributed by atoms with Crippen LogP contribution in [0.5, 0.6) is 0 Å². The van der Waals surface area contributed by atoms with Crippen LogP contribution >= 0.6 is 0 Å². The van der Waals surface area contributed by atoms with Gasteiger partial charge in [0, 0.05) is 37.8 Å². The fourth-order valence-electron chi connectivity index (χ4n) is 2.24. The second-order valence-corrected chi connectivity index (χ2v) is 4.93. The van der Waals surface area contributed by atoms with Crippen LogP contribution in [0.2, 0.25) is 0 Å². The molecule has 0 unspecified atom stereocenters. The molecule has 21 heavy (non-hydrogen) atoms. The lowest BCUT2D eigenvalue weighted by Crippen LogP contribution is -2.15. The summed E-state index contributed by atoms with van der Waals surface area (Å²) < 4.78 is 1.86. The van der Waals surface area contributed by atoms with Crippen LogP contribution in [0, 0.1) is 0 Å². The summed E-state index contributed by atoms with van der Waals surface area (Å²) in [5.74, 6) is 1.06. The van der Waals surface area contributed by atoms with E-state index >= 15 is 0 Å². The Morgan fingerprint density at radius 1 is 1.14 bits per heavy atom. The molecule has 2 N–H and O–H groups in total. The van der Waals surface area contributed by atoms with Crippen LogP contribution in [0.15, 0.2) is 55.1 Å². The van der Waals surface area contributed by atoms with Crippen LogP contribution in [0.4, 0.5) is 0 Å². The van der Waals surface area contributed by atoms with E-state index in [1.54, 1.807) is 12.4 Å². The van der Waals surface area contributed by atoms with Crippen molar-refractivity contribution in [2.45, 2.75) is 19.4 Å². The minimum atomic E-state index is 0.886. The van der Waals surface area contributed by atoms with Crippen LogP contribution < -0.4 is 5.32 Å². The number of benzene rings is 1. The predicted molar refractivity (Wildman–Crippen MR) is 82.2 cm³/mol. The van der Waals surface area contributed by atoms with Crippen molar-refractivity contribution in [3.05, 3.63) is 66.5 Å². The first-order chi connectivity index (χ1) is 10.4. The molecule has 0 spiro atoms. The summed E-state index contributed by atoms with van der Waals surface area (Å²) in [6, 6.07) is 10.4. The summed E-state index contributed by atoms with van der Waals surface area (Å²) >= 11 is 0. The van der Waals surface area contributed by atoms with Gasteiger partial charge < -0.3 is 10.3 Å². The Morgan fingerprint density at radius 2 is 2.05 bits per heavy atom. The molecule has 5 heteroatoms. The number of nitrogens with zero attached hydrogens (tertiary/aromatic N) is 3. The van der Waals surface area contributed by atoms with Gasteiger partial charge in [-0.05, 0) is 36.7 Å². The van der Waals surface area contributed by atoms with Crippen LogP contribution in [0.25, 0.3) is 5.69 Å². The van der Waals surface area contributed by atoms with Gasteiger partial charge in [-0.25, -0.2) is 9.67 Å². The van der Waals surface area contributed by atoms with Crippen LogP contribution in [-0.4, -0.2) is 26.3 Å². The molecule has 3 rings (SSSR count). The molecule has 0 aliphatic heterocycles. The third kappa shape index (κ3) is 3.79. The second kappa shape index (κ2) is 6.85. The van der Waals surface area contributed by atoms with Gasteiger partial charge >= 0.3 is 0 Å². The number of hydrogen-bond donors (Lipinski definition) is 2. The molecule has 0 saturated heterocycles. The van der Waals surface area contributed by atoms with Crippen molar-refractivity contribution in [1.82, 2.24) is 25.1 Å². The van der Waals surface area contributed by atoms with Gasteiger partial charge in [0.25, 0.3) is 0 Å². The zero-order valence-electron chi connectivity index (χ0n) is 11.9. The molecule has 2 heterocycles. The minimum absolute atomic E-state index is 0.886. The lowest BCUT2D eigenvalue weighted by atomic mass is 10.2. The quantitative estimate of drug-likeness (QED) is 0.653. The molecule has 108 valence electrons. The highest BCUT2D eigenvalue weighted by atomic mass is 15.3.